The number of ether oxygens (including phenoxy) is 2. The van der Waals surface area contributed by atoms with Crippen molar-refractivity contribution < 1.29 is 19.0 Å². The van der Waals surface area contributed by atoms with Gasteiger partial charge in [0.1, 0.15) is 5.82 Å². The third-order valence-electron chi connectivity index (χ3n) is 2.36. The molecule has 19 heavy (non-hydrogen) atoms. The van der Waals surface area contributed by atoms with Crippen LogP contribution in [0.2, 0.25) is 0 Å². The van der Waals surface area contributed by atoms with Gasteiger partial charge in [-0.2, -0.15) is 0 Å². The molecule has 0 saturated heterocycles. The monoisotopic (exact) mass is 291 g/mol. The fourth-order valence-corrected chi connectivity index (χ4v) is 1.71. The summed E-state index contributed by atoms with van der Waals surface area (Å²) in [6.07, 6.45) is -0.953. The highest BCUT2D eigenvalue weighted by Gasteiger charge is 2.36. The minimum Gasteiger partial charge on any atom is -0.381 e. The average molecular weight is 292 g/mol. The van der Waals surface area contributed by atoms with Crippen molar-refractivity contribution >= 4 is 17.3 Å². The van der Waals surface area contributed by atoms with E-state index in [1.807, 2.05) is 0 Å². The van der Waals surface area contributed by atoms with Crippen LogP contribution >= 0.6 is 11.6 Å². The molecule has 4 nitrogen and oxygen atoms in total. The summed E-state index contributed by atoms with van der Waals surface area (Å²) in [7, 11) is 0. The quantitative estimate of drug-likeness (QED) is 0.571. The van der Waals surface area contributed by atoms with Crippen LogP contribution in [0.15, 0.2) is 24.3 Å². The molecule has 0 aliphatic heterocycles. The van der Waals surface area contributed by atoms with Gasteiger partial charge < -0.3 is 19.9 Å². The van der Waals surface area contributed by atoms with E-state index in [-0.39, 0.29) is 12.4 Å². The van der Waals surface area contributed by atoms with Crippen molar-refractivity contribution in [2.24, 2.45) is 0 Å². The third kappa shape index (κ3) is 5.32. The SMILES string of the molecule is CCOC(OCC)C(O)(Cl)CNc1cccc(F)c1. The van der Waals surface area contributed by atoms with Gasteiger partial charge >= 0.3 is 0 Å². The zero-order valence-electron chi connectivity index (χ0n) is 11.0. The van der Waals surface area contributed by atoms with Gasteiger partial charge in [0.05, 0.1) is 6.54 Å². The molecule has 0 aromatic heterocycles. The lowest BCUT2D eigenvalue weighted by Gasteiger charge is -2.30. The molecule has 1 unspecified atom stereocenters. The molecule has 0 fully saturated rings. The molecule has 0 aliphatic carbocycles. The number of alkyl halides is 1. The van der Waals surface area contributed by atoms with Crippen LogP contribution in [-0.4, -0.2) is 36.2 Å². The highest BCUT2D eigenvalue weighted by molar-refractivity contribution is 6.23. The summed E-state index contributed by atoms with van der Waals surface area (Å²) in [6, 6.07) is 5.88. The summed E-state index contributed by atoms with van der Waals surface area (Å²) in [5.41, 5.74) is 0.519. The van der Waals surface area contributed by atoms with Crippen molar-refractivity contribution in [1.82, 2.24) is 0 Å². The molecular weight excluding hydrogens is 273 g/mol. The van der Waals surface area contributed by atoms with E-state index in [9.17, 15) is 9.50 Å². The Morgan fingerprint density at radius 2 is 2.00 bits per heavy atom. The van der Waals surface area contributed by atoms with E-state index < -0.39 is 11.4 Å². The number of hydrogen-bond acceptors (Lipinski definition) is 4. The summed E-state index contributed by atoms with van der Waals surface area (Å²) in [5, 5.41) is 11.2. The van der Waals surface area contributed by atoms with Gasteiger partial charge in [0.15, 0.2) is 0 Å². The fraction of sp³-hybridized carbons (Fsp3) is 0.538. The molecule has 0 saturated carbocycles. The van der Waals surface area contributed by atoms with Crippen LogP contribution < -0.4 is 5.32 Å². The molecule has 1 rings (SSSR count). The molecule has 2 N–H and O–H groups in total. The minimum absolute atomic E-state index is 0.0390. The van der Waals surface area contributed by atoms with Crippen molar-refractivity contribution in [2.45, 2.75) is 25.2 Å². The van der Waals surface area contributed by atoms with Crippen molar-refractivity contribution in [3.63, 3.8) is 0 Å². The van der Waals surface area contributed by atoms with Gasteiger partial charge in [0, 0.05) is 18.9 Å². The second-order valence-corrected chi connectivity index (χ2v) is 4.58. The Morgan fingerprint density at radius 3 is 2.53 bits per heavy atom. The van der Waals surface area contributed by atoms with Crippen molar-refractivity contribution in [3.05, 3.63) is 30.1 Å². The number of anilines is 1. The maximum Gasteiger partial charge on any atom is 0.207 e. The number of nitrogens with one attached hydrogen (secondary N) is 1. The van der Waals surface area contributed by atoms with E-state index in [4.69, 9.17) is 21.1 Å². The summed E-state index contributed by atoms with van der Waals surface area (Å²) < 4.78 is 23.5. The van der Waals surface area contributed by atoms with E-state index >= 15 is 0 Å². The zero-order chi connectivity index (χ0) is 14.3. The number of rotatable bonds is 8. The largest absolute Gasteiger partial charge is 0.381 e. The van der Waals surface area contributed by atoms with E-state index in [0.717, 1.165) is 0 Å². The molecule has 108 valence electrons. The molecule has 0 radical (unpaired) electrons. The summed E-state index contributed by atoms with van der Waals surface area (Å²) in [4.78, 5) is 0. The van der Waals surface area contributed by atoms with Crippen LogP contribution in [-0.2, 0) is 9.47 Å². The van der Waals surface area contributed by atoms with Gasteiger partial charge in [-0.05, 0) is 32.0 Å². The van der Waals surface area contributed by atoms with Gasteiger partial charge in [-0.25, -0.2) is 4.39 Å². The number of benzene rings is 1. The van der Waals surface area contributed by atoms with Crippen LogP contribution in [0.25, 0.3) is 0 Å². The molecule has 0 heterocycles. The first-order valence-corrected chi connectivity index (χ1v) is 6.51. The lowest BCUT2D eigenvalue weighted by Crippen LogP contribution is -2.46. The van der Waals surface area contributed by atoms with E-state index in [0.29, 0.717) is 18.9 Å². The Morgan fingerprint density at radius 1 is 1.37 bits per heavy atom. The van der Waals surface area contributed by atoms with Gasteiger partial charge in [-0.15, -0.1) is 0 Å². The molecule has 0 bridgehead atoms. The Balaban J connectivity index is 2.61. The van der Waals surface area contributed by atoms with Gasteiger partial charge in [-0.3, -0.25) is 0 Å². The predicted molar refractivity (Wildman–Crippen MR) is 72.7 cm³/mol. The first-order chi connectivity index (χ1) is 8.99. The molecule has 0 aliphatic rings. The van der Waals surface area contributed by atoms with Crippen LogP contribution in [0.1, 0.15) is 13.8 Å². The van der Waals surface area contributed by atoms with Crippen LogP contribution in [0.3, 0.4) is 0 Å². The normalized spacial score (nSPS) is 14.4. The van der Waals surface area contributed by atoms with Crippen molar-refractivity contribution in [2.75, 3.05) is 25.1 Å². The Kier molecular flexibility index (Phi) is 6.51. The third-order valence-corrected chi connectivity index (χ3v) is 2.67. The Bertz CT molecular complexity index is 384. The average Bonchev–Trinajstić information content (AvgIpc) is 2.36. The number of halogens is 2. The lowest BCUT2D eigenvalue weighted by atomic mass is 10.2. The molecule has 1 aromatic rings. The number of aliphatic hydroxyl groups is 1. The maximum absolute atomic E-state index is 13.0. The van der Waals surface area contributed by atoms with Gasteiger partial charge in [-0.1, -0.05) is 17.7 Å². The first kappa shape index (κ1) is 16.2. The van der Waals surface area contributed by atoms with E-state index in [2.05, 4.69) is 5.32 Å². The zero-order valence-corrected chi connectivity index (χ0v) is 11.8. The molecule has 1 aromatic carbocycles. The molecule has 1 atom stereocenters. The van der Waals surface area contributed by atoms with Gasteiger partial charge in [0.2, 0.25) is 11.4 Å². The fourth-order valence-electron chi connectivity index (χ4n) is 1.51. The Hall–Kier alpha value is -0.880. The van der Waals surface area contributed by atoms with Crippen LogP contribution in [0, 0.1) is 5.82 Å². The van der Waals surface area contributed by atoms with Crippen molar-refractivity contribution in [3.8, 4) is 0 Å². The molecular formula is C13H19ClFNO3. The highest BCUT2D eigenvalue weighted by Crippen LogP contribution is 2.22. The number of hydrogen-bond donors (Lipinski definition) is 2. The molecule has 0 spiro atoms. The smallest absolute Gasteiger partial charge is 0.207 e. The lowest BCUT2D eigenvalue weighted by molar-refractivity contribution is -0.201. The highest BCUT2D eigenvalue weighted by atomic mass is 35.5. The standard InChI is InChI=1S/C13H19ClFNO3/c1-3-18-12(19-4-2)13(14,17)9-16-11-7-5-6-10(15)8-11/h5-8,12,16-17H,3-4,9H2,1-2H3. The molecule has 6 heteroatoms. The van der Waals surface area contributed by atoms with Crippen LogP contribution in [0.5, 0.6) is 0 Å². The van der Waals surface area contributed by atoms with Crippen molar-refractivity contribution in [1.29, 1.82) is 0 Å². The van der Waals surface area contributed by atoms with E-state index in [1.54, 1.807) is 26.0 Å². The summed E-state index contributed by atoms with van der Waals surface area (Å²) >= 11 is 6.00. The first-order valence-electron chi connectivity index (χ1n) is 6.13. The minimum atomic E-state index is -1.74. The van der Waals surface area contributed by atoms with Crippen LogP contribution in [0.4, 0.5) is 10.1 Å². The maximum atomic E-state index is 13.0. The second kappa shape index (κ2) is 7.65. The second-order valence-electron chi connectivity index (χ2n) is 3.93. The predicted octanol–water partition coefficient (Wildman–Crippen LogP) is 2.56. The summed E-state index contributed by atoms with van der Waals surface area (Å²) in [5.74, 6) is -0.366. The van der Waals surface area contributed by atoms with Gasteiger partial charge in [0.25, 0.3) is 0 Å². The topological polar surface area (TPSA) is 50.7 Å². The van der Waals surface area contributed by atoms with E-state index in [1.165, 1.54) is 12.1 Å². The summed E-state index contributed by atoms with van der Waals surface area (Å²) in [6.45, 7) is 4.24. The molecule has 0 amide bonds. The Labute approximate surface area is 117 Å².